The van der Waals surface area contributed by atoms with Crippen molar-refractivity contribution in [1.29, 1.82) is 0 Å². The molecule has 12 heteroatoms. The van der Waals surface area contributed by atoms with Crippen LogP contribution in [0.1, 0.15) is 24.0 Å². The number of alkyl halides is 3. The molecular weight excluding hydrogens is 506 g/mol. The first-order valence-electron chi connectivity index (χ1n) is 10.8. The Morgan fingerprint density at radius 3 is 2.49 bits per heavy atom. The summed E-state index contributed by atoms with van der Waals surface area (Å²) in [6.07, 6.45) is 3.33. The van der Waals surface area contributed by atoms with Crippen LogP contribution < -0.4 is 11.2 Å². The second-order valence-corrected chi connectivity index (χ2v) is 8.81. The zero-order chi connectivity index (χ0) is 23.2. The highest BCUT2D eigenvalue weighted by molar-refractivity contribution is 5.85. The molecule has 188 valence electrons. The lowest BCUT2D eigenvalue weighted by atomic mass is 9.94. The Labute approximate surface area is 211 Å². The fraction of sp³-hybridized carbons (Fsp3) is 0.391. The number of hydrogen-bond acceptors (Lipinski definition) is 5. The number of aryl methyl sites for hydroxylation is 1. The Balaban J connectivity index is 0.00000171. The number of likely N-dealkylation sites (tertiary alicyclic amines) is 1. The van der Waals surface area contributed by atoms with Gasteiger partial charge in [0.2, 0.25) is 0 Å². The molecule has 0 unspecified atom stereocenters. The quantitative estimate of drug-likeness (QED) is 0.528. The van der Waals surface area contributed by atoms with Crippen molar-refractivity contribution in [2.45, 2.75) is 31.0 Å². The molecular formula is C23H24Cl2F3N5O2. The van der Waals surface area contributed by atoms with Crippen LogP contribution in [-0.4, -0.2) is 44.1 Å². The summed E-state index contributed by atoms with van der Waals surface area (Å²) >= 11 is 0. The van der Waals surface area contributed by atoms with Gasteiger partial charge in [-0.3, -0.25) is 24.3 Å². The molecule has 0 spiro atoms. The number of aromatic nitrogens is 4. The van der Waals surface area contributed by atoms with Crippen molar-refractivity contribution in [3.05, 3.63) is 81.0 Å². The van der Waals surface area contributed by atoms with Crippen LogP contribution in [0.25, 0.3) is 11.3 Å². The monoisotopic (exact) mass is 529 g/mol. The first-order chi connectivity index (χ1) is 15.8. The van der Waals surface area contributed by atoms with E-state index in [9.17, 15) is 22.8 Å². The van der Waals surface area contributed by atoms with Crippen LogP contribution >= 0.6 is 24.8 Å². The van der Waals surface area contributed by atoms with E-state index in [0.717, 1.165) is 31.6 Å². The van der Waals surface area contributed by atoms with Crippen molar-refractivity contribution in [3.63, 3.8) is 0 Å². The number of nitrogens with zero attached hydrogens (tertiary/aromatic N) is 4. The van der Waals surface area contributed by atoms with Gasteiger partial charge in [0.25, 0.3) is 5.56 Å². The molecule has 2 aliphatic rings. The second kappa shape index (κ2) is 10.1. The Morgan fingerprint density at radius 2 is 1.83 bits per heavy atom. The van der Waals surface area contributed by atoms with Crippen molar-refractivity contribution in [3.8, 4) is 11.3 Å². The normalized spacial score (nSPS) is 21.1. The predicted molar refractivity (Wildman–Crippen MR) is 129 cm³/mol. The lowest BCUT2D eigenvalue weighted by molar-refractivity contribution is -0.137. The number of H-pyrrole nitrogens is 1. The first kappa shape index (κ1) is 26.9. The highest BCUT2D eigenvalue weighted by Gasteiger charge is 2.60. The second-order valence-electron chi connectivity index (χ2n) is 8.81. The molecule has 1 aromatic carbocycles. The zero-order valence-electron chi connectivity index (χ0n) is 18.5. The Kier molecular flexibility index (Phi) is 7.78. The SMILES string of the molecule is Cl.Cl.O=c1[nH]c(=O)n(CCCN2C[C@@H]3C[C@]3(c3ccc(C(F)(F)F)cc3)C2)cc1-c1cnccn1. The van der Waals surface area contributed by atoms with E-state index in [-0.39, 0.29) is 35.8 Å². The van der Waals surface area contributed by atoms with Crippen LogP contribution in [0, 0.1) is 5.92 Å². The number of piperidine rings is 1. The largest absolute Gasteiger partial charge is 0.416 e. The molecule has 2 aromatic heterocycles. The average Bonchev–Trinajstić information content (AvgIpc) is 3.36. The fourth-order valence-corrected chi connectivity index (χ4v) is 4.96. The molecule has 35 heavy (non-hydrogen) atoms. The number of nitrogens with one attached hydrogen (secondary N) is 1. The Hall–Kier alpha value is -2.69. The van der Waals surface area contributed by atoms with E-state index in [1.54, 1.807) is 12.1 Å². The lowest BCUT2D eigenvalue weighted by Gasteiger charge is -2.21. The molecule has 2 atom stereocenters. The Morgan fingerprint density at radius 1 is 1.09 bits per heavy atom. The smallest absolute Gasteiger partial charge is 0.302 e. The summed E-state index contributed by atoms with van der Waals surface area (Å²) in [5, 5.41) is 0. The zero-order valence-corrected chi connectivity index (χ0v) is 20.1. The van der Waals surface area contributed by atoms with Crippen molar-refractivity contribution < 1.29 is 13.2 Å². The summed E-state index contributed by atoms with van der Waals surface area (Å²) in [6.45, 7) is 2.88. The number of halogens is 5. The minimum atomic E-state index is -4.33. The molecule has 3 aromatic rings. The topological polar surface area (TPSA) is 83.9 Å². The van der Waals surface area contributed by atoms with Gasteiger partial charge in [-0.15, -0.1) is 24.8 Å². The predicted octanol–water partition coefficient (Wildman–Crippen LogP) is 3.52. The average molecular weight is 530 g/mol. The van der Waals surface area contributed by atoms with E-state index in [1.807, 2.05) is 0 Å². The van der Waals surface area contributed by atoms with Gasteiger partial charge in [-0.25, -0.2) is 4.79 Å². The van der Waals surface area contributed by atoms with Gasteiger partial charge < -0.3 is 4.90 Å². The fourth-order valence-electron chi connectivity index (χ4n) is 4.96. The highest BCUT2D eigenvalue weighted by atomic mass is 35.5. The molecule has 2 fully saturated rings. The van der Waals surface area contributed by atoms with E-state index in [4.69, 9.17) is 0 Å². The summed E-state index contributed by atoms with van der Waals surface area (Å²) in [4.78, 5) is 37.1. The van der Waals surface area contributed by atoms with Gasteiger partial charge in [0, 0.05) is 43.6 Å². The minimum Gasteiger partial charge on any atom is -0.302 e. The van der Waals surface area contributed by atoms with Crippen LogP contribution in [0.3, 0.4) is 0 Å². The Bertz CT molecular complexity index is 1280. The molecule has 3 heterocycles. The van der Waals surface area contributed by atoms with Crippen LogP contribution in [0.4, 0.5) is 13.2 Å². The van der Waals surface area contributed by atoms with E-state index < -0.39 is 23.0 Å². The number of benzene rings is 1. The molecule has 7 nitrogen and oxygen atoms in total. The third kappa shape index (κ3) is 5.29. The maximum absolute atomic E-state index is 12.9. The van der Waals surface area contributed by atoms with Gasteiger partial charge in [0.05, 0.1) is 23.0 Å². The summed E-state index contributed by atoms with van der Waals surface area (Å²) in [6, 6.07) is 5.55. The standard InChI is InChI=1S/C23H22F3N5O2.2ClH/c24-23(25,26)16-4-2-15(3-5-16)22-10-17(22)12-30(14-22)8-1-9-31-13-18(20(32)29-21(31)33)19-11-27-6-7-28-19;;/h2-7,11,13,17H,1,8-10,12,14H2,(H,29,32,33);2*1H/t17-,22+;;/m0../s1. The molecule has 1 aliphatic heterocycles. The molecule has 1 saturated carbocycles. The molecule has 0 bridgehead atoms. The summed E-state index contributed by atoms with van der Waals surface area (Å²) in [5.41, 5.74) is -0.0154. The molecule has 0 amide bonds. The first-order valence-corrected chi connectivity index (χ1v) is 10.8. The summed E-state index contributed by atoms with van der Waals surface area (Å²) in [5.74, 6) is 0.452. The maximum atomic E-state index is 12.9. The van der Waals surface area contributed by atoms with Gasteiger partial charge in [-0.2, -0.15) is 13.2 Å². The molecule has 1 aliphatic carbocycles. The third-order valence-electron chi connectivity index (χ3n) is 6.73. The molecule has 1 saturated heterocycles. The van der Waals surface area contributed by atoms with E-state index in [1.165, 1.54) is 41.5 Å². The molecule has 0 radical (unpaired) electrons. The van der Waals surface area contributed by atoms with Crippen molar-refractivity contribution in [2.24, 2.45) is 5.92 Å². The molecule has 5 rings (SSSR count). The molecule has 1 N–H and O–H groups in total. The van der Waals surface area contributed by atoms with Gasteiger partial charge in [0.15, 0.2) is 0 Å². The van der Waals surface area contributed by atoms with Gasteiger partial charge in [-0.1, -0.05) is 12.1 Å². The van der Waals surface area contributed by atoms with Gasteiger partial charge >= 0.3 is 11.9 Å². The lowest BCUT2D eigenvalue weighted by Crippen LogP contribution is -2.32. The van der Waals surface area contributed by atoms with E-state index in [0.29, 0.717) is 24.6 Å². The van der Waals surface area contributed by atoms with Crippen LogP contribution in [0.2, 0.25) is 0 Å². The van der Waals surface area contributed by atoms with Crippen molar-refractivity contribution >= 4 is 24.8 Å². The van der Waals surface area contributed by atoms with Gasteiger partial charge in [-0.05, 0) is 43.0 Å². The van der Waals surface area contributed by atoms with Crippen LogP contribution in [-0.2, 0) is 18.1 Å². The maximum Gasteiger partial charge on any atom is 0.416 e. The number of hydrogen-bond donors (Lipinski definition) is 1. The van der Waals surface area contributed by atoms with Crippen LogP contribution in [0.5, 0.6) is 0 Å². The number of aromatic amines is 1. The third-order valence-corrected chi connectivity index (χ3v) is 6.73. The van der Waals surface area contributed by atoms with Crippen molar-refractivity contribution in [1.82, 2.24) is 24.4 Å². The minimum absolute atomic E-state index is 0. The summed E-state index contributed by atoms with van der Waals surface area (Å²) in [7, 11) is 0. The number of rotatable bonds is 6. The van der Waals surface area contributed by atoms with E-state index in [2.05, 4.69) is 19.9 Å². The summed E-state index contributed by atoms with van der Waals surface area (Å²) < 4.78 is 40.0. The van der Waals surface area contributed by atoms with Gasteiger partial charge in [0.1, 0.15) is 0 Å². The van der Waals surface area contributed by atoms with Crippen molar-refractivity contribution in [2.75, 3.05) is 19.6 Å². The van der Waals surface area contributed by atoms with E-state index >= 15 is 0 Å². The number of fused-ring (bicyclic) bond motifs is 1. The highest BCUT2D eigenvalue weighted by Crippen LogP contribution is 2.59. The van der Waals surface area contributed by atoms with Crippen LogP contribution in [0.15, 0.2) is 58.6 Å².